The van der Waals surface area contributed by atoms with Crippen molar-refractivity contribution in [1.82, 2.24) is 15.1 Å². The lowest BCUT2D eigenvalue weighted by Crippen LogP contribution is -2.27. The van der Waals surface area contributed by atoms with Crippen LogP contribution < -0.4 is 5.32 Å². The Balaban J connectivity index is 1.86. The number of rotatable bonds is 4. The first-order valence-corrected chi connectivity index (χ1v) is 6.88. The highest BCUT2D eigenvalue weighted by Crippen LogP contribution is 2.33. The molecule has 4 heteroatoms. The van der Waals surface area contributed by atoms with E-state index in [1.807, 2.05) is 23.9 Å². The summed E-state index contributed by atoms with van der Waals surface area (Å²) in [4.78, 5) is 0. The Morgan fingerprint density at radius 2 is 2.28 bits per heavy atom. The highest BCUT2D eigenvalue weighted by Gasteiger charge is 2.27. The third-order valence-electron chi connectivity index (χ3n) is 3.82. The van der Waals surface area contributed by atoms with Gasteiger partial charge in [0, 0.05) is 25.0 Å². The van der Waals surface area contributed by atoms with Gasteiger partial charge in [-0.25, -0.2) is 0 Å². The zero-order valence-corrected chi connectivity index (χ0v) is 11.5. The van der Waals surface area contributed by atoms with Gasteiger partial charge < -0.3 is 5.32 Å². The molecule has 1 N–H and O–H groups in total. The summed E-state index contributed by atoms with van der Waals surface area (Å²) in [6.45, 7) is 3.04. The summed E-state index contributed by atoms with van der Waals surface area (Å²) in [5.74, 6) is 0.857. The fourth-order valence-corrected chi connectivity index (χ4v) is 2.78. The average molecular weight is 264 g/mol. The van der Waals surface area contributed by atoms with Crippen molar-refractivity contribution in [2.45, 2.75) is 32.4 Å². The SMILES string of the molecule is CC(NCc1nn(C)c2cccc(Cl)c12)C1CC1. The van der Waals surface area contributed by atoms with Crippen molar-refractivity contribution >= 4 is 22.5 Å². The molecule has 3 nitrogen and oxygen atoms in total. The normalized spacial score (nSPS) is 17.3. The van der Waals surface area contributed by atoms with Crippen LogP contribution in [0.3, 0.4) is 0 Å². The molecular formula is C14H18ClN3. The van der Waals surface area contributed by atoms with Crippen LogP contribution >= 0.6 is 11.6 Å². The fourth-order valence-electron chi connectivity index (χ4n) is 2.50. The second-order valence-corrected chi connectivity index (χ2v) is 5.62. The Morgan fingerprint density at radius 1 is 1.50 bits per heavy atom. The number of hydrogen-bond donors (Lipinski definition) is 1. The number of fused-ring (bicyclic) bond motifs is 1. The highest BCUT2D eigenvalue weighted by molar-refractivity contribution is 6.35. The maximum absolute atomic E-state index is 6.28. The third-order valence-corrected chi connectivity index (χ3v) is 4.14. The largest absolute Gasteiger partial charge is 0.308 e. The number of hydrogen-bond acceptors (Lipinski definition) is 2. The second-order valence-electron chi connectivity index (χ2n) is 5.21. The predicted molar refractivity (Wildman–Crippen MR) is 74.7 cm³/mol. The topological polar surface area (TPSA) is 29.9 Å². The predicted octanol–water partition coefficient (Wildman–Crippen LogP) is 3.11. The molecule has 0 bridgehead atoms. The minimum Gasteiger partial charge on any atom is -0.308 e. The lowest BCUT2D eigenvalue weighted by atomic mass is 10.2. The molecule has 96 valence electrons. The van der Waals surface area contributed by atoms with Gasteiger partial charge in [0.05, 0.1) is 16.2 Å². The molecule has 1 atom stereocenters. The number of nitrogens with one attached hydrogen (secondary N) is 1. The van der Waals surface area contributed by atoms with Crippen molar-refractivity contribution in [3.05, 3.63) is 28.9 Å². The molecule has 0 amide bonds. The second kappa shape index (κ2) is 4.56. The van der Waals surface area contributed by atoms with Crippen molar-refractivity contribution in [3.8, 4) is 0 Å². The maximum atomic E-state index is 6.28. The number of nitrogens with zero attached hydrogens (tertiary/aromatic N) is 2. The first kappa shape index (κ1) is 12.0. The van der Waals surface area contributed by atoms with E-state index < -0.39 is 0 Å². The van der Waals surface area contributed by atoms with Crippen molar-refractivity contribution in [2.24, 2.45) is 13.0 Å². The Kier molecular flexibility index (Phi) is 3.04. The third kappa shape index (κ3) is 2.13. The molecule has 1 aliphatic carbocycles. The van der Waals surface area contributed by atoms with Gasteiger partial charge in [-0.3, -0.25) is 4.68 Å². The van der Waals surface area contributed by atoms with Crippen LogP contribution in [0, 0.1) is 5.92 Å². The monoisotopic (exact) mass is 263 g/mol. The van der Waals surface area contributed by atoms with Gasteiger partial charge in [0.1, 0.15) is 0 Å². The number of benzene rings is 1. The summed E-state index contributed by atoms with van der Waals surface area (Å²) in [5.41, 5.74) is 2.14. The summed E-state index contributed by atoms with van der Waals surface area (Å²) in [7, 11) is 1.96. The number of halogens is 1. The lowest BCUT2D eigenvalue weighted by molar-refractivity contribution is 0.491. The lowest BCUT2D eigenvalue weighted by Gasteiger charge is -2.11. The molecule has 0 spiro atoms. The molecule has 0 radical (unpaired) electrons. The van der Waals surface area contributed by atoms with Crippen molar-refractivity contribution in [2.75, 3.05) is 0 Å². The van der Waals surface area contributed by atoms with Crippen LogP contribution in [-0.4, -0.2) is 15.8 Å². The first-order chi connectivity index (χ1) is 8.66. The number of aryl methyl sites for hydroxylation is 1. The molecule has 0 aliphatic heterocycles. The van der Waals surface area contributed by atoms with Gasteiger partial charge in [-0.15, -0.1) is 0 Å². The van der Waals surface area contributed by atoms with E-state index in [2.05, 4.69) is 23.4 Å². The van der Waals surface area contributed by atoms with Crippen LogP contribution in [-0.2, 0) is 13.6 Å². The Morgan fingerprint density at radius 3 is 3.00 bits per heavy atom. The van der Waals surface area contributed by atoms with Crippen LogP contribution in [0.2, 0.25) is 5.02 Å². The van der Waals surface area contributed by atoms with Gasteiger partial charge in [0.25, 0.3) is 0 Å². The van der Waals surface area contributed by atoms with E-state index in [9.17, 15) is 0 Å². The van der Waals surface area contributed by atoms with Crippen LogP contribution in [0.4, 0.5) is 0 Å². The first-order valence-electron chi connectivity index (χ1n) is 6.50. The standard InChI is InChI=1S/C14H18ClN3/c1-9(10-6-7-10)16-8-12-14-11(15)4-3-5-13(14)18(2)17-12/h3-5,9-10,16H,6-8H2,1-2H3. The minimum absolute atomic E-state index is 0.574. The molecule has 1 aromatic carbocycles. The van der Waals surface area contributed by atoms with Gasteiger partial charge in [0.15, 0.2) is 0 Å². The molecule has 1 fully saturated rings. The molecule has 1 heterocycles. The molecule has 1 unspecified atom stereocenters. The van der Waals surface area contributed by atoms with E-state index >= 15 is 0 Å². The molecular weight excluding hydrogens is 246 g/mol. The van der Waals surface area contributed by atoms with Gasteiger partial charge in [-0.1, -0.05) is 17.7 Å². The number of aromatic nitrogens is 2. The zero-order chi connectivity index (χ0) is 12.7. The van der Waals surface area contributed by atoms with E-state index in [1.165, 1.54) is 12.8 Å². The van der Waals surface area contributed by atoms with Gasteiger partial charge in [0.2, 0.25) is 0 Å². The molecule has 1 saturated carbocycles. The Hall–Kier alpha value is -1.06. The summed E-state index contributed by atoms with van der Waals surface area (Å²) in [6, 6.07) is 6.53. The van der Waals surface area contributed by atoms with Crippen molar-refractivity contribution in [1.29, 1.82) is 0 Å². The van der Waals surface area contributed by atoms with E-state index in [0.717, 1.165) is 34.1 Å². The van der Waals surface area contributed by atoms with Crippen LogP contribution in [0.5, 0.6) is 0 Å². The summed E-state index contributed by atoms with van der Waals surface area (Å²) in [5, 5.41) is 10.0. The van der Waals surface area contributed by atoms with Crippen LogP contribution in [0.15, 0.2) is 18.2 Å². The summed E-state index contributed by atoms with van der Waals surface area (Å²) >= 11 is 6.28. The summed E-state index contributed by atoms with van der Waals surface area (Å²) in [6.07, 6.45) is 2.72. The molecule has 1 aliphatic rings. The van der Waals surface area contributed by atoms with E-state index in [0.29, 0.717) is 6.04 Å². The average Bonchev–Trinajstić information content (AvgIpc) is 3.14. The summed E-state index contributed by atoms with van der Waals surface area (Å²) < 4.78 is 1.90. The zero-order valence-electron chi connectivity index (χ0n) is 10.8. The molecule has 0 saturated heterocycles. The Bertz CT molecular complexity index is 572. The van der Waals surface area contributed by atoms with Crippen LogP contribution in [0.25, 0.3) is 10.9 Å². The minimum atomic E-state index is 0.574. The van der Waals surface area contributed by atoms with Crippen molar-refractivity contribution in [3.63, 3.8) is 0 Å². The van der Waals surface area contributed by atoms with Gasteiger partial charge in [-0.2, -0.15) is 5.10 Å². The molecule has 2 aromatic rings. The quantitative estimate of drug-likeness (QED) is 0.919. The van der Waals surface area contributed by atoms with E-state index in [-0.39, 0.29) is 0 Å². The van der Waals surface area contributed by atoms with E-state index in [1.54, 1.807) is 0 Å². The van der Waals surface area contributed by atoms with Crippen molar-refractivity contribution < 1.29 is 0 Å². The Labute approximate surface area is 112 Å². The van der Waals surface area contributed by atoms with Crippen LogP contribution in [0.1, 0.15) is 25.5 Å². The highest BCUT2D eigenvalue weighted by atomic mass is 35.5. The van der Waals surface area contributed by atoms with Gasteiger partial charge in [-0.05, 0) is 37.8 Å². The maximum Gasteiger partial charge on any atom is 0.0856 e. The smallest absolute Gasteiger partial charge is 0.0856 e. The molecule has 3 rings (SSSR count). The molecule has 1 aromatic heterocycles. The van der Waals surface area contributed by atoms with E-state index in [4.69, 9.17) is 11.6 Å². The fraction of sp³-hybridized carbons (Fsp3) is 0.500. The van der Waals surface area contributed by atoms with Gasteiger partial charge >= 0.3 is 0 Å². The molecule has 18 heavy (non-hydrogen) atoms.